The molecule has 0 unspecified atom stereocenters. The second-order valence-electron chi connectivity index (χ2n) is 10.7. The molecule has 38 heavy (non-hydrogen) atoms. The summed E-state index contributed by atoms with van der Waals surface area (Å²) in [7, 11) is 0. The van der Waals surface area contributed by atoms with Gasteiger partial charge in [-0.2, -0.15) is 0 Å². The zero-order chi connectivity index (χ0) is 26.0. The summed E-state index contributed by atoms with van der Waals surface area (Å²) in [6.07, 6.45) is 14.6. The fraction of sp³-hybridized carbons (Fsp3) is 0.194. The minimum Gasteiger partial charge on any atom is -0.355 e. The SMILES string of the molecule is CCC1=C(C)C2=NC1=Cc1[nH]c(c(C)c1CC)C=C1CC(=CC3=CC(=C2)c2ccccc23)c2ccccc21. The van der Waals surface area contributed by atoms with E-state index in [1.165, 1.54) is 78.2 Å². The summed E-state index contributed by atoms with van der Waals surface area (Å²) in [4.78, 5) is 8.99. The van der Waals surface area contributed by atoms with Gasteiger partial charge in [-0.25, -0.2) is 4.99 Å². The Balaban J connectivity index is 1.54. The molecule has 0 radical (unpaired) electrons. The molecule has 2 aliphatic heterocycles. The van der Waals surface area contributed by atoms with E-state index in [2.05, 4.69) is 112 Å². The van der Waals surface area contributed by atoms with Gasteiger partial charge in [0.15, 0.2) is 0 Å². The summed E-state index contributed by atoms with van der Waals surface area (Å²) < 4.78 is 0. The monoisotopic (exact) mass is 492 g/mol. The van der Waals surface area contributed by atoms with Crippen molar-refractivity contribution in [1.29, 1.82) is 0 Å². The maximum Gasteiger partial charge on any atom is 0.0693 e. The Morgan fingerprint density at radius 3 is 1.97 bits per heavy atom. The van der Waals surface area contributed by atoms with Crippen LogP contribution in [0.2, 0.25) is 0 Å². The number of allylic oxidation sites excluding steroid dienone is 9. The van der Waals surface area contributed by atoms with Crippen LogP contribution in [0.25, 0.3) is 34.4 Å². The number of aromatic nitrogens is 1. The van der Waals surface area contributed by atoms with Crippen LogP contribution in [0.15, 0.2) is 88.6 Å². The molecule has 4 aliphatic rings. The maximum absolute atomic E-state index is 5.20. The minimum absolute atomic E-state index is 0.932. The highest BCUT2D eigenvalue weighted by Crippen LogP contribution is 2.45. The fourth-order valence-corrected chi connectivity index (χ4v) is 6.63. The predicted octanol–water partition coefficient (Wildman–Crippen LogP) is 9.23. The zero-order valence-electron chi connectivity index (χ0n) is 22.6. The number of rotatable bonds is 2. The largest absolute Gasteiger partial charge is 0.355 e. The molecule has 2 heteroatoms. The van der Waals surface area contributed by atoms with Crippen molar-refractivity contribution in [2.75, 3.05) is 0 Å². The van der Waals surface area contributed by atoms with Gasteiger partial charge in [0.05, 0.1) is 11.4 Å². The predicted molar refractivity (Wildman–Crippen MR) is 163 cm³/mol. The van der Waals surface area contributed by atoms with Gasteiger partial charge in [0.1, 0.15) is 0 Å². The van der Waals surface area contributed by atoms with Crippen LogP contribution in [0, 0.1) is 6.92 Å². The first-order valence-electron chi connectivity index (χ1n) is 13.8. The van der Waals surface area contributed by atoms with Gasteiger partial charge in [0.2, 0.25) is 0 Å². The first-order chi connectivity index (χ1) is 18.6. The first kappa shape index (κ1) is 23.0. The van der Waals surface area contributed by atoms with Crippen LogP contribution in [0.4, 0.5) is 0 Å². The quantitative estimate of drug-likeness (QED) is 0.369. The second-order valence-corrected chi connectivity index (χ2v) is 10.7. The molecular formula is C36H32N2. The number of nitrogens with zero attached hydrogens (tertiary/aromatic N) is 1. The molecule has 2 aliphatic carbocycles. The molecule has 186 valence electrons. The molecule has 0 atom stereocenters. The van der Waals surface area contributed by atoms with E-state index < -0.39 is 0 Å². The number of aliphatic imine (C=N–C) groups is 1. The average molecular weight is 493 g/mol. The van der Waals surface area contributed by atoms with Crippen molar-refractivity contribution in [2.24, 2.45) is 4.99 Å². The van der Waals surface area contributed by atoms with Crippen LogP contribution >= 0.6 is 0 Å². The van der Waals surface area contributed by atoms with Gasteiger partial charge in [-0.15, -0.1) is 0 Å². The summed E-state index contributed by atoms with van der Waals surface area (Å²) in [5.74, 6) is 0. The highest BCUT2D eigenvalue weighted by molar-refractivity contribution is 6.18. The minimum atomic E-state index is 0.932. The number of hydrogen-bond donors (Lipinski definition) is 1. The molecule has 0 saturated heterocycles. The number of aromatic amines is 1. The molecule has 0 fully saturated rings. The molecule has 0 saturated carbocycles. The van der Waals surface area contributed by atoms with Crippen LogP contribution in [-0.4, -0.2) is 10.7 Å². The molecule has 1 N–H and O–H groups in total. The molecule has 8 bridgehead atoms. The number of benzene rings is 2. The number of fused-ring (bicyclic) bond motifs is 12. The van der Waals surface area contributed by atoms with Gasteiger partial charge >= 0.3 is 0 Å². The lowest BCUT2D eigenvalue weighted by molar-refractivity contribution is 1.09. The molecule has 3 aromatic rings. The Kier molecular flexibility index (Phi) is 5.26. The van der Waals surface area contributed by atoms with Crippen molar-refractivity contribution in [3.05, 3.63) is 128 Å². The van der Waals surface area contributed by atoms with E-state index >= 15 is 0 Å². The smallest absolute Gasteiger partial charge is 0.0693 e. The maximum atomic E-state index is 5.20. The van der Waals surface area contributed by atoms with Crippen LogP contribution in [0.3, 0.4) is 0 Å². The molecule has 2 aromatic carbocycles. The van der Waals surface area contributed by atoms with Crippen LogP contribution in [0.5, 0.6) is 0 Å². The Morgan fingerprint density at radius 1 is 0.684 bits per heavy atom. The average Bonchev–Trinajstić information content (AvgIpc) is 3.63. The van der Waals surface area contributed by atoms with Crippen molar-refractivity contribution in [3.63, 3.8) is 0 Å². The van der Waals surface area contributed by atoms with Gasteiger partial charge in [-0.05, 0) is 124 Å². The van der Waals surface area contributed by atoms with E-state index in [1.807, 2.05) is 0 Å². The third-order valence-electron chi connectivity index (χ3n) is 8.63. The van der Waals surface area contributed by atoms with E-state index in [0.717, 1.165) is 30.7 Å². The van der Waals surface area contributed by atoms with Crippen LogP contribution in [-0.2, 0) is 6.42 Å². The molecular weight excluding hydrogens is 460 g/mol. The zero-order valence-corrected chi connectivity index (χ0v) is 22.6. The number of H-pyrrole nitrogens is 1. The van der Waals surface area contributed by atoms with E-state index in [0.29, 0.717) is 0 Å². The van der Waals surface area contributed by atoms with Crippen LogP contribution in [0.1, 0.15) is 78.4 Å². The summed E-state index contributed by atoms with van der Waals surface area (Å²) in [5, 5.41) is 0. The Hall–Kier alpha value is -4.17. The standard InChI is InChI=1S/C36H32N2/c1-5-27-21(3)33-18-25-16-23(29-11-7-9-13-31(25)29)15-24-17-26(32-14-10-8-12-30(24)32)19-34-22(4)28(6-2)36(38-34)20-35(27)37-33/h7-16,18-20,38H,5-6,17H2,1-4H3. The highest BCUT2D eigenvalue weighted by Gasteiger charge is 2.26. The highest BCUT2D eigenvalue weighted by atomic mass is 14.8. The lowest BCUT2D eigenvalue weighted by Gasteiger charge is -2.04. The van der Waals surface area contributed by atoms with E-state index in [-0.39, 0.29) is 0 Å². The van der Waals surface area contributed by atoms with Gasteiger partial charge in [-0.3, -0.25) is 0 Å². The van der Waals surface area contributed by atoms with Crippen molar-refractivity contribution in [3.8, 4) is 0 Å². The topological polar surface area (TPSA) is 28.1 Å². The summed E-state index contributed by atoms with van der Waals surface area (Å²) >= 11 is 0. The summed E-state index contributed by atoms with van der Waals surface area (Å²) in [5.41, 5.74) is 20.4. The third kappa shape index (κ3) is 3.44. The lowest BCUT2D eigenvalue weighted by Crippen LogP contribution is -1.94. The molecule has 0 amide bonds. The molecule has 3 heterocycles. The number of hydrogen-bond acceptors (Lipinski definition) is 1. The van der Waals surface area contributed by atoms with Gasteiger partial charge in [0, 0.05) is 11.4 Å². The lowest BCUT2D eigenvalue weighted by atomic mass is 9.99. The van der Waals surface area contributed by atoms with E-state index in [4.69, 9.17) is 4.99 Å². The fourth-order valence-electron chi connectivity index (χ4n) is 6.63. The second kappa shape index (κ2) is 8.70. The van der Waals surface area contributed by atoms with Crippen molar-refractivity contribution < 1.29 is 0 Å². The van der Waals surface area contributed by atoms with Crippen LogP contribution < -0.4 is 0 Å². The number of nitrogens with one attached hydrogen (secondary N) is 1. The Bertz CT molecular complexity index is 1750. The van der Waals surface area contributed by atoms with E-state index in [9.17, 15) is 0 Å². The van der Waals surface area contributed by atoms with Crippen molar-refractivity contribution in [1.82, 2.24) is 4.98 Å². The third-order valence-corrected chi connectivity index (χ3v) is 8.63. The van der Waals surface area contributed by atoms with Gasteiger partial charge in [0.25, 0.3) is 0 Å². The molecule has 7 rings (SSSR count). The molecule has 2 nitrogen and oxygen atoms in total. The summed E-state index contributed by atoms with van der Waals surface area (Å²) in [6.45, 7) is 8.97. The van der Waals surface area contributed by atoms with Gasteiger partial charge in [-0.1, -0.05) is 68.5 Å². The van der Waals surface area contributed by atoms with Gasteiger partial charge < -0.3 is 4.98 Å². The normalized spacial score (nSPS) is 17.4. The summed E-state index contributed by atoms with van der Waals surface area (Å²) in [6, 6.07) is 17.7. The molecule has 0 spiro atoms. The van der Waals surface area contributed by atoms with Crippen molar-refractivity contribution in [2.45, 2.75) is 47.0 Å². The first-order valence-corrected chi connectivity index (χ1v) is 13.8. The Labute approximate surface area is 225 Å². The Morgan fingerprint density at radius 2 is 1.32 bits per heavy atom. The van der Waals surface area contributed by atoms with E-state index in [1.54, 1.807) is 0 Å². The van der Waals surface area contributed by atoms with Crippen molar-refractivity contribution >= 4 is 40.2 Å². The molecule has 1 aromatic heterocycles.